The number of hydrogen-bond donors (Lipinski definition) is 2. The third-order valence-corrected chi connectivity index (χ3v) is 7.20. The lowest BCUT2D eigenvalue weighted by Gasteiger charge is -2.33. The van der Waals surface area contributed by atoms with Gasteiger partial charge in [0.15, 0.2) is 11.5 Å². The number of benzene rings is 2. The Morgan fingerprint density at radius 2 is 1.87 bits per heavy atom. The van der Waals surface area contributed by atoms with Crippen LogP contribution in [0.4, 0.5) is 0 Å². The molecule has 0 spiro atoms. The van der Waals surface area contributed by atoms with Gasteiger partial charge in [0.2, 0.25) is 10.0 Å². The molecule has 2 aromatic carbocycles. The Morgan fingerprint density at radius 1 is 1.19 bits per heavy atom. The van der Waals surface area contributed by atoms with E-state index >= 15 is 0 Å². The van der Waals surface area contributed by atoms with Crippen molar-refractivity contribution in [2.24, 2.45) is 5.10 Å². The first-order chi connectivity index (χ1) is 14.8. The predicted octanol–water partition coefficient (Wildman–Crippen LogP) is 1.62. The number of carbonyl (C=O) groups is 1. The SMILES string of the molecule is COc1cc(/C=N\NC(=O)CN2CCN(S(=O)(=O)c3ccc(Br)cc3)CC2)ccc1O. The van der Waals surface area contributed by atoms with Crippen LogP contribution >= 0.6 is 15.9 Å². The minimum absolute atomic E-state index is 0.0185. The number of phenolic OH excluding ortho intramolecular Hbond substituents is 1. The van der Waals surface area contributed by atoms with Gasteiger partial charge in [-0.1, -0.05) is 15.9 Å². The molecule has 3 rings (SSSR count). The van der Waals surface area contributed by atoms with E-state index in [0.717, 1.165) is 4.47 Å². The van der Waals surface area contributed by atoms with Gasteiger partial charge in [0.25, 0.3) is 5.91 Å². The minimum Gasteiger partial charge on any atom is -0.504 e. The Balaban J connectivity index is 1.48. The van der Waals surface area contributed by atoms with Gasteiger partial charge in [-0.05, 0) is 48.0 Å². The van der Waals surface area contributed by atoms with Crippen LogP contribution in [0.15, 0.2) is 56.9 Å². The lowest BCUT2D eigenvalue weighted by atomic mass is 10.2. The van der Waals surface area contributed by atoms with E-state index in [-0.39, 0.29) is 23.1 Å². The van der Waals surface area contributed by atoms with E-state index in [9.17, 15) is 18.3 Å². The number of rotatable bonds is 7. The maximum atomic E-state index is 12.7. The van der Waals surface area contributed by atoms with Crippen molar-refractivity contribution < 1.29 is 23.1 Å². The zero-order valence-electron chi connectivity index (χ0n) is 16.9. The topological polar surface area (TPSA) is 112 Å². The van der Waals surface area contributed by atoms with Crippen LogP contribution in [-0.4, -0.2) is 74.7 Å². The van der Waals surface area contributed by atoms with Crippen LogP contribution in [0, 0.1) is 0 Å². The zero-order valence-corrected chi connectivity index (χ0v) is 19.3. The molecule has 166 valence electrons. The monoisotopic (exact) mass is 510 g/mol. The number of sulfonamides is 1. The van der Waals surface area contributed by atoms with E-state index in [2.05, 4.69) is 26.5 Å². The summed E-state index contributed by atoms with van der Waals surface area (Å²) in [4.78, 5) is 14.3. The molecule has 0 atom stereocenters. The van der Waals surface area contributed by atoms with E-state index in [4.69, 9.17) is 4.74 Å². The number of phenols is 1. The molecular formula is C20H23BrN4O5S. The summed E-state index contributed by atoms with van der Waals surface area (Å²) in [7, 11) is -2.10. The summed E-state index contributed by atoms with van der Waals surface area (Å²) in [6.45, 7) is 1.62. The van der Waals surface area contributed by atoms with E-state index in [1.165, 1.54) is 23.7 Å². The van der Waals surface area contributed by atoms with Gasteiger partial charge in [-0.3, -0.25) is 9.69 Å². The van der Waals surface area contributed by atoms with Gasteiger partial charge in [-0.2, -0.15) is 9.41 Å². The third kappa shape index (κ3) is 6.03. The number of carbonyl (C=O) groups excluding carboxylic acids is 1. The summed E-state index contributed by atoms with van der Waals surface area (Å²) < 4.78 is 32.7. The molecule has 31 heavy (non-hydrogen) atoms. The highest BCUT2D eigenvalue weighted by Crippen LogP contribution is 2.25. The highest BCUT2D eigenvalue weighted by molar-refractivity contribution is 9.10. The molecule has 0 aromatic heterocycles. The molecule has 1 fully saturated rings. The van der Waals surface area contributed by atoms with Gasteiger partial charge in [-0.15, -0.1) is 0 Å². The van der Waals surface area contributed by atoms with Gasteiger partial charge in [0, 0.05) is 30.7 Å². The Labute approximate surface area is 189 Å². The molecular weight excluding hydrogens is 488 g/mol. The van der Waals surface area contributed by atoms with Gasteiger partial charge >= 0.3 is 0 Å². The summed E-state index contributed by atoms with van der Waals surface area (Å²) in [5.41, 5.74) is 3.11. The smallest absolute Gasteiger partial charge is 0.254 e. The Bertz CT molecular complexity index is 1050. The summed E-state index contributed by atoms with van der Waals surface area (Å²) in [5, 5.41) is 13.5. The second-order valence-corrected chi connectivity index (χ2v) is 9.71. The first kappa shape index (κ1) is 23.2. The van der Waals surface area contributed by atoms with Crippen molar-refractivity contribution in [3.63, 3.8) is 0 Å². The lowest BCUT2D eigenvalue weighted by molar-refractivity contribution is -0.122. The van der Waals surface area contributed by atoms with Gasteiger partial charge in [-0.25, -0.2) is 13.8 Å². The Morgan fingerprint density at radius 3 is 2.52 bits per heavy atom. The molecule has 0 radical (unpaired) electrons. The standard InChI is InChI=1S/C20H23BrN4O5S/c1-30-19-12-15(2-7-18(19)26)13-22-23-20(27)14-24-8-10-25(11-9-24)31(28,29)17-5-3-16(21)4-6-17/h2-7,12-13,26H,8-11,14H2,1H3,(H,23,27)/b22-13-. The number of nitrogens with zero attached hydrogens (tertiary/aromatic N) is 3. The molecule has 1 aliphatic heterocycles. The second-order valence-electron chi connectivity index (χ2n) is 6.86. The predicted molar refractivity (Wildman–Crippen MR) is 120 cm³/mol. The molecule has 1 heterocycles. The molecule has 9 nitrogen and oxygen atoms in total. The van der Waals surface area contributed by atoms with Crippen LogP contribution < -0.4 is 10.2 Å². The highest BCUT2D eigenvalue weighted by atomic mass is 79.9. The fourth-order valence-electron chi connectivity index (χ4n) is 3.08. The van der Waals surface area contributed by atoms with Crippen molar-refractivity contribution in [1.82, 2.24) is 14.6 Å². The maximum absolute atomic E-state index is 12.7. The molecule has 0 saturated carbocycles. The van der Waals surface area contributed by atoms with E-state index < -0.39 is 10.0 Å². The van der Waals surface area contributed by atoms with Crippen LogP contribution in [0.5, 0.6) is 11.5 Å². The first-order valence-electron chi connectivity index (χ1n) is 9.46. The maximum Gasteiger partial charge on any atom is 0.254 e. The van der Waals surface area contributed by atoms with Crippen molar-refractivity contribution in [2.75, 3.05) is 39.8 Å². The largest absolute Gasteiger partial charge is 0.504 e. The third-order valence-electron chi connectivity index (χ3n) is 4.76. The number of methoxy groups -OCH3 is 1. The highest BCUT2D eigenvalue weighted by Gasteiger charge is 2.28. The molecule has 1 saturated heterocycles. The van der Waals surface area contributed by atoms with Crippen LogP contribution in [0.1, 0.15) is 5.56 Å². The molecule has 2 N–H and O–H groups in total. The van der Waals surface area contributed by atoms with Gasteiger partial charge in [0.1, 0.15) is 0 Å². The van der Waals surface area contributed by atoms with Crippen LogP contribution in [0.3, 0.4) is 0 Å². The summed E-state index contributed by atoms with van der Waals surface area (Å²) in [5.74, 6) is 0.0300. The number of nitrogens with one attached hydrogen (secondary N) is 1. The number of hydrogen-bond acceptors (Lipinski definition) is 7. The minimum atomic E-state index is -3.55. The molecule has 11 heteroatoms. The van der Waals surface area contributed by atoms with Crippen LogP contribution in [-0.2, 0) is 14.8 Å². The molecule has 1 amide bonds. The Hall–Kier alpha value is -2.47. The van der Waals surface area contributed by atoms with Crippen molar-refractivity contribution in [2.45, 2.75) is 4.90 Å². The van der Waals surface area contributed by atoms with Crippen molar-refractivity contribution in [3.05, 3.63) is 52.5 Å². The fraction of sp³-hybridized carbons (Fsp3) is 0.300. The number of hydrazone groups is 1. The Kier molecular flexibility index (Phi) is 7.65. The average molecular weight is 511 g/mol. The molecule has 0 unspecified atom stereocenters. The number of aromatic hydroxyl groups is 1. The molecule has 2 aromatic rings. The molecule has 0 aliphatic carbocycles. The van der Waals surface area contributed by atoms with Crippen LogP contribution in [0.25, 0.3) is 0 Å². The van der Waals surface area contributed by atoms with Crippen molar-refractivity contribution in [3.8, 4) is 11.5 Å². The summed E-state index contributed by atoms with van der Waals surface area (Å²) in [6, 6.07) is 11.2. The second kappa shape index (κ2) is 10.2. The number of amides is 1. The van der Waals surface area contributed by atoms with Crippen LogP contribution in [0.2, 0.25) is 0 Å². The van der Waals surface area contributed by atoms with E-state index in [0.29, 0.717) is 37.5 Å². The normalized spacial score (nSPS) is 15.8. The first-order valence-corrected chi connectivity index (χ1v) is 11.7. The zero-order chi connectivity index (χ0) is 22.4. The molecule has 1 aliphatic rings. The van der Waals surface area contributed by atoms with Gasteiger partial charge in [0.05, 0.1) is 24.8 Å². The van der Waals surface area contributed by atoms with Crippen molar-refractivity contribution >= 4 is 38.1 Å². The summed E-state index contributed by atoms with van der Waals surface area (Å²) >= 11 is 3.30. The summed E-state index contributed by atoms with van der Waals surface area (Å²) in [6.07, 6.45) is 1.45. The number of ether oxygens (including phenoxy) is 1. The molecule has 0 bridgehead atoms. The van der Waals surface area contributed by atoms with E-state index in [1.54, 1.807) is 36.4 Å². The quantitative estimate of drug-likeness (QED) is 0.432. The van der Waals surface area contributed by atoms with Gasteiger partial charge < -0.3 is 9.84 Å². The average Bonchev–Trinajstić information content (AvgIpc) is 2.75. The number of piperazine rings is 1. The fourth-order valence-corrected chi connectivity index (χ4v) is 4.76. The van der Waals surface area contributed by atoms with E-state index in [1.807, 2.05) is 4.90 Å². The number of halogens is 1. The van der Waals surface area contributed by atoms with Crippen molar-refractivity contribution in [1.29, 1.82) is 0 Å². The lowest BCUT2D eigenvalue weighted by Crippen LogP contribution is -2.50.